The van der Waals surface area contributed by atoms with Crippen LogP contribution in [0.4, 0.5) is 0 Å². The molecule has 0 radical (unpaired) electrons. The van der Waals surface area contributed by atoms with Crippen LogP contribution in [0.2, 0.25) is 0 Å². The van der Waals surface area contributed by atoms with E-state index in [0.717, 1.165) is 49.8 Å². The van der Waals surface area contributed by atoms with Gasteiger partial charge < -0.3 is 4.42 Å². The van der Waals surface area contributed by atoms with E-state index in [-0.39, 0.29) is 0 Å². The highest BCUT2D eigenvalue weighted by Crippen LogP contribution is 2.43. The summed E-state index contributed by atoms with van der Waals surface area (Å²) in [5, 5.41) is 4.70. The Hall–Kier alpha value is -6.43. The van der Waals surface area contributed by atoms with Gasteiger partial charge in [-0.1, -0.05) is 146 Å². The average molecular weight is 658 g/mol. The summed E-state index contributed by atoms with van der Waals surface area (Å²) >= 11 is 1.83. The number of nitrogens with zero attached hydrogens (tertiary/aromatic N) is 3. The Labute approximate surface area is 292 Å². The lowest BCUT2D eigenvalue weighted by molar-refractivity contribution is 0.670. The van der Waals surface area contributed by atoms with Crippen molar-refractivity contribution in [3.8, 4) is 56.4 Å². The molecule has 3 aromatic heterocycles. The quantitative estimate of drug-likeness (QED) is 0.185. The minimum absolute atomic E-state index is 0.596. The van der Waals surface area contributed by atoms with Gasteiger partial charge in [-0.05, 0) is 29.3 Å². The van der Waals surface area contributed by atoms with Crippen molar-refractivity contribution >= 4 is 53.4 Å². The van der Waals surface area contributed by atoms with Crippen molar-refractivity contribution in [2.45, 2.75) is 0 Å². The summed E-state index contributed by atoms with van der Waals surface area (Å²) in [6.45, 7) is 0. The van der Waals surface area contributed by atoms with Gasteiger partial charge >= 0.3 is 0 Å². The normalized spacial score (nSPS) is 11.6. The second-order valence-electron chi connectivity index (χ2n) is 12.4. The van der Waals surface area contributed by atoms with Crippen LogP contribution in [0.25, 0.3) is 98.5 Å². The number of thiophene rings is 1. The van der Waals surface area contributed by atoms with Crippen LogP contribution in [0.1, 0.15) is 0 Å². The molecule has 0 atom stereocenters. The number of rotatable bonds is 5. The number of hydrogen-bond acceptors (Lipinski definition) is 5. The van der Waals surface area contributed by atoms with Gasteiger partial charge in [0.1, 0.15) is 11.2 Å². The number of para-hydroxylation sites is 1. The molecule has 0 aliphatic heterocycles. The average Bonchev–Trinajstić information content (AvgIpc) is 3.77. The zero-order valence-electron chi connectivity index (χ0n) is 26.7. The zero-order valence-corrected chi connectivity index (χ0v) is 27.6. The largest absolute Gasteiger partial charge is 0.455 e. The van der Waals surface area contributed by atoms with Crippen LogP contribution in [-0.4, -0.2) is 15.0 Å². The van der Waals surface area contributed by atoms with E-state index in [4.69, 9.17) is 19.4 Å². The first kappa shape index (κ1) is 28.6. The molecule has 10 rings (SSSR count). The van der Waals surface area contributed by atoms with Crippen LogP contribution >= 0.6 is 11.3 Å². The molecule has 3 heterocycles. The second-order valence-corrected chi connectivity index (χ2v) is 13.4. The maximum atomic E-state index is 6.74. The van der Waals surface area contributed by atoms with Crippen molar-refractivity contribution in [3.63, 3.8) is 0 Å². The molecular weight excluding hydrogens is 631 g/mol. The molecule has 7 aromatic carbocycles. The first-order valence-corrected chi connectivity index (χ1v) is 17.4. The SMILES string of the molecule is c1ccc(-c2ccc(-c3nc(-c4ccccc4)nc(-c4ccc5c(c4)oc4c(-c6cccc7c6sc6ccccc67)cccc45)n3)cc2)cc1. The van der Waals surface area contributed by atoms with Gasteiger partial charge in [0.15, 0.2) is 17.5 Å². The molecule has 0 bridgehead atoms. The van der Waals surface area contributed by atoms with Gasteiger partial charge in [0, 0.05) is 58.8 Å². The highest BCUT2D eigenvalue weighted by molar-refractivity contribution is 7.26. The summed E-state index contributed by atoms with van der Waals surface area (Å²) in [5.41, 5.74) is 8.98. The molecule has 5 heteroatoms. The van der Waals surface area contributed by atoms with Crippen molar-refractivity contribution in [1.29, 1.82) is 0 Å². The Bertz CT molecular complexity index is 2860. The monoisotopic (exact) mass is 657 g/mol. The minimum atomic E-state index is 0.596. The molecule has 4 nitrogen and oxygen atoms in total. The van der Waals surface area contributed by atoms with E-state index in [1.54, 1.807) is 0 Å². The summed E-state index contributed by atoms with van der Waals surface area (Å²) in [5.74, 6) is 1.84. The number of fused-ring (bicyclic) bond motifs is 6. The Kier molecular flexibility index (Phi) is 6.64. The molecule has 0 saturated carbocycles. The predicted octanol–water partition coefficient (Wildman–Crippen LogP) is 12.5. The third kappa shape index (κ3) is 4.79. The second kappa shape index (κ2) is 11.6. The topological polar surface area (TPSA) is 51.8 Å². The van der Waals surface area contributed by atoms with Gasteiger partial charge in [-0.3, -0.25) is 0 Å². The van der Waals surface area contributed by atoms with E-state index >= 15 is 0 Å². The Balaban J connectivity index is 1.11. The van der Waals surface area contributed by atoms with E-state index in [0.29, 0.717) is 17.5 Å². The van der Waals surface area contributed by atoms with Gasteiger partial charge in [0.2, 0.25) is 0 Å². The Morgan fingerprint density at radius 3 is 1.68 bits per heavy atom. The fourth-order valence-electron chi connectivity index (χ4n) is 6.90. The summed E-state index contributed by atoms with van der Waals surface area (Å²) in [7, 11) is 0. The van der Waals surface area contributed by atoms with Crippen LogP contribution in [-0.2, 0) is 0 Å². The fraction of sp³-hybridized carbons (Fsp3) is 0. The molecular formula is C45H27N3OS. The van der Waals surface area contributed by atoms with Crippen molar-refractivity contribution in [1.82, 2.24) is 15.0 Å². The lowest BCUT2D eigenvalue weighted by atomic mass is 10.00. The molecule has 10 aromatic rings. The van der Waals surface area contributed by atoms with Gasteiger partial charge in [-0.15, -0.1) is 11.3 Å². The highest BCUT2D eigenvalue weighted by atomic mass is 32.1. The summed E-state index contributed by atoms with van der Waals surface area (Å²) in [4.78, 5) is 14.9. The van der Waals surface area contributed by atoms with E-state index in [9.17, 15) is 0 Å². The van der Waals surface area contributed by atoms with Gasteiger partial charge in [-0.25, -0.2) is 15.0 Å². The summed E-state index contributed by atoms with van der Waals surface area (Å²) in [6.07, 6.45) is 0. The van der Waals surface area contributed by atoms with Gasteiger partial charge in [-0.2, -0.15) is 0 Å². The summed E-state index contributed by atoms with van der Waals surface area (Å²) in [6, 6.07) is 56.7. The minimum Gasteiger partial charge on any atom is -0.455 e. The van der Waals surface area contributed by atoms with E-state index in [1.165, 1.54) is 31.3 Å². The van der Waals surface area contributed by atoms with E-state index < -0.39 is 0 Å². The van der Waals surface area contributed by atoms with Crippen molar-refractivity contribution < 1.29 is 4.42 Å². The van der Waals surface area contributed by atoms with Crippen molar-refractivity contribution in [2.75, 3.05) is 0 Å². The maximum Gasteiger partial charge on any atom is 0.164 e. The van der Waals surface area contributed by atoms with Gasteiger partial charge in [0.25, 0.3) is 0 Å². The lowest BCUT2D eigenvalue weighted by Gasteiger charge is -2.09. The van der Waals surface area contributed by atoms with Crippen molar-refractivity contribution in [3.05, 3.63) is 164 Å². The maximum absolute atomic E-state index is 6.74. The number of furan rings is 1. The van der Waals surface area contributed by atoms with Crippen molar-refractivity contribution in [2.24, 2.45) is 0 Å². The van der Waals surface area contributed by atoms with Crippen LogP contribution < -0.4 is 0 Å². The Morgan fingerprint density at radius 2 is 0.920 bits per heavy atom. The van der Waals surface area contributed by atoms with Gasteiger partial charge in [0.05, 0.1) is 0 Å². The Morgan fingerprint density at radius 1 is 0.380 bits per heavy atom. The van der Waals surface area contributed by atoms with Crippen LogP contribution in [0, 0.1) is 0 Å². The molecule has 0 fully saturated rings. The van der Waals surface area contributed by atoms with E-state index in [2.05, 4.69) is 127 Å². The molecule has 0 saturated heterocycles. The van der Waals surface area contributed by atoms with E-state index in [1.807, 2.05) is 47.7 Å². The summed E-state index contributed by atoms with van der Waals surface area (Å²) < 4.78 is 9.30. The van der Waals surface area contributed by atoms with Crippen LogP contribution in [0.3, 0.4) is 0 Å². The smallest absolute Gasteiger partial charge is 0.164 e. The third-order valence-electron chi connectivity index (χ3n) is 9.37. The number of hydrogen-bond donors (Lipinski definition) is 0. The molecule has 50 heavy (non-hydrogen) atoms. The molecule has 0 aliphatic carbocycles. The third-order valence-corrected chi connectivity index (χ3v) is 10.6. The first-order chi connectivity index (χ1) is 24.8. The highest BCUT2D eigenvalue weighted by Gasteiger charge is 2.18. The predicted molar refractivity (Wildman–Crippen MR) is 207 cm³/mol. The molecule has 0 spiro atoms. The molecule has 0 amide bonds. The number of aromatic nitrogens is 3. The van der Waals surface area contributed by atoms with Crippen LogP contribution in [0.5, 0.6) is 0 Å². The first-order valence-electron chi connectivity index (χ1n) is 16.6. The fourth-order valence-corrected chi connectivity index (χ4v) is 8.13. The number of benzene rings is 7. The molecule has 234 valence electrons. The zero-order chi connectivity index (χ0) is 33.0. The van der Waals surface area contributed by atoms with Crippen LogP contribution in [0.15, 0.2) is 168 Å². The molecule has 0 unspecified atom stereocenters. The molecule has 0 aliphatic rings. The molecule has 0 N–H and O–H groups in total. The lowest BCUT2D eigenvalue weighted by Crippen LogP contribution is -2.00. The standard InChI is InChI=1S/C45H27N3OS/c1-3-11-28(12-4-1)29-21-23-31(24-22-29)44-46-43(30-13-5-2-6-14-30)47-45(48-44)32-25-26-33-35-16-9-17-36(41(35)49-39(33)27-32)38-19-10-18-37-34-15-7-8-20-40(34)50-42(37)38/h1-27H.